The van der Waals surface area contributed by atoms with Crippen LogP contribution in [0.1, 0.15) is 27.2 Å². The molecule has 0 aliphatic carbocycles. The Morgan fingerprint density at radius 2 is 2.00 bits per heavy atom. The maximum Gasteiger partial charge on any atom is 0.306 e. The van der Waals surface area contributed by atoms with Gasteiger partial charge in [0.15, 0.2) is 0 Å². The number of nitrogens with zero attached hydrogens (tertiary/aromatic N) is 1. The van der Waals surface area contributed by atoms with Gasteiger partial charge in [-0.2, -0.15) is 0 Å². The van der Waals surface area contributed by atoms with Crippen LogP contribution in [0.3, 0.4) is 0 Å². The second-order valence-corrected chi connectivity index (χ2v) is 4.61. The van der Waals surface area contributed by atoms with E-state index in [1.807, 2.05) is 13.8 Å². The first-order valence-electron chi connectivity index (χ1n) is 5.41. The van der Waals surface area contributed by atoms with Gasteiger partial charge in [0, 0.05) is 20.0 Å². The fraction of sp³-hybridized carbons (Fsp3) is 0.818. The van der Waals surface area contributed by atoms with Gasteiger partial charge in [-0.05, 0) is 18.3 Å². The molecule has 1 N–H and O–H groups in total. The molecular weight excluding hydrogens is 194 g/mol. The number of hydrogen-bond donors (Lipinski definition) is 1. The van der Waals surface area contributed by atoms with Gasteiger partial charge in [-0.15, -0.1) is 0 Å². The first-order valence-corrected chi connectivity index (χ1v) is 5.41. The maximum atomic E-state index is 11.2. The SMILES string of the molecule is CC(=O)N1CC[C@@H](C(=O)O)[C@@H](C(C)C)C1. The van der Waals surface area contributed by atoms with E-state index in [0.717, 1.165) is 0 Å². The molecule has 86 valence electrons. The highest BCUT2D eigenvalue weighted by Crippen LogP contribution is 2.29. The zero-order valence-corrected chi connectivity index (χ0v) is 9.56. The Hall–Kier alpha value is -1.06. The van der Waals surface area contributed by atoms with Gasteiger partial charge in [0.2, 0.25) is 5.91 Å². The quantitative estimate of drug-likeness (QED) is 0.750. The summed E-state index contributed by atoms with van der Waals surface area (Å²) in [4.78, 5) is 24.0. The molecule has 1 aliphatic heterocycles. The van der Waals surface area contributed by atoms with Crippen molar-refractivity contribution in [3.8, 4) is 0 Å². The van der Waals surface area contributed by atoms with Crippen molar-refractivity contribution < 1.29 is 14.7 Å². The van der Waals surface area contributed by atoms with Crippen LogP contribution in [0.2, 0.25) is 0 Å². The molecular formula is C11H19NO3. The van der Waals surface area contributed by atoms with E-state index in [9.17, 15) is 9.59 Å². The van der Waals surface area contributed by atoms with Gasteiger partial charge in [-0.25, -0.2) is 0 Å². The number of aliphatic carboxylic acids is 1. The highest BCUT2D eigenvalue weighted by molar-refractivity contribution is 5.74. The minimum Gasteiger partial charge on any atom is -0.481 e. The third kappa shape index (κ3) is 2.70. The van der Waals surface area contributed by atoms with Gasteiger partial charge >= 0.3 is 5.97 Å². The highest BCUT2D eigenvalue weighted by atomic mass is 16.4. The molecule has 1 saturated heterocycles. The predicted octanol–water partition coefficient (Wildman–Crippen LogP) is 1.21. The van der Waals surface area contributed by atoms with Gasteiger partial charge in [-0.3, -0.25) is 9.59 Å². The Labute approximate surface area is 90.3 Å². The maximum absolute atomic E-state index is 11.2. The fourth-order valence-corrected chi connectivity index (χ4v) is 2.25. The van der Waals surface area contributed by atoms with Crippen molar-refractivity contribution in [2.24, 2.45) is 17.8 Å². The fourth-order valence-electron chi connectivity index (χ4n) is 2.25. The first kappa shape index (κ1) is 12.0. The molecule has 1 amide bonds. The van der Waals surface area contributed by atoms with E-state index >= 15 is 0 Å². The average molecular weight is 213 g/mol. The summed E-state index contributed by atoms with van der Waals surface area (Å²) in [6, 6.07) is 0. The molecule has 1 heterocycles. The Balaban J connectivity index is 2.73. The highest BCUT2D eigenvalue weighted by Gasteiger charge is 2.36. The third-order valence-electron chi connectivity index (χ3n) is 3.28. The number of carbonyl (C=O) groups excluding carboxylic acids is 1. The van der Waals surface area contributed by atoms with Crippen molar-refractivity contribution in [1.29, 1.82) is 0 Å². The summed E-state index contributed by atoms with van der Waals surface area (Å²) in [6.07, 6.45) is 0.581. The van der Waals surface area contributed by atoms with Gasteiger partial charge in [0.25, 0.3) is 0 Å². The molecule has 0 aromatic rings. The molecule has 0 bridgehead atoms. The number of likely N-dealkylation sites (tertiary alicyclic amines) is 1. The van der Waals surface area contributed by atoms with E-state index in [2.05, 4.69) is 0 Å². The van der Waals surface area contributed by atoms with Gasteiger partial charge in [-0.1, -0.05) is 13.8 Å². The summed E-state index contributed by atoms with van der Waals surface area (Å²) in [6.45, 7) is 6.74. The van der Waals surface area contributed by atoms with Crippen LogP contribution in [0.25, 0.3) is 0 Å². The largest absolute Gasteiger partial charge is 0.481 e. The molecule has 4 heteroatoms. The second kappa shape index (κ2) is 4.64. The van der Waals surface area contributed by atoms with E-state index < -0.39 is 5.97 Å². The minimum atomic E-state index is -0.725. The molecule has 4 nitrogen and oxygen atoms in total. The smallest absolute Gasteiger partial charge is 0.306 e. The summed E-state index contributed by atoms with van der Waals surface area (Å²) in [5, 5.41) is 9.08. The minimum absolute atomic E-state index is 0.0458. The Kier molecular flexibility index (Phi) is 3.72. The Morgan fingerprint density at radius 3 is 2.40 bits per heavy atom. The first-order chi connectivity index (χ1) is 6.93. The molecule has 1 fully saturated rings. The summed E-state index contributed by atoms with van der Waals surface area (Å²) in [7, 11) is 0. The normalized spacial score (nSPS) is 26.8. The molecule has 0 spiro atoms. The van der Waals surface area contributed by atoms with Crippen molar-refractivity contribution in [2.75, 3.05) is 13.1 Å². The van der Waals surface area contributed by atoms with Crippen LogP contribution in [0.5, 0.6) is 0 Å². The lowest BCUT2D eigenvalue weighted by Crippen LogP contribution is -2.46. The monoisotopic (exact) mass is 213 g/mol. The van der Waals surface area contributed by atoms with E-state index in [4.69, 9.17) is 5.11 Å². The molecule has 1 aliphatic rings. The molecule has 0 aromatic heterocycles. The predicted molar refractivity (Wildman–Crippen MR) is 56.3 cm³/mol. The molecule has 0 aromatic carbocycles. The van der Waals surface area contributed by atoms with E-state index in [1.165, 1.54) is 0 Å². The Morgan fingerprint density at radius 1 is 1.40 bits per heavy atom. The van der Waals surface area contributed by atoms with Crippen LogP contribution < -0.4 is 0 Å². The van der Waals surface area contributed by atoms with Crippen molar-refractivity contribution in [3.05, 3.63) is 0 Å². The number of carbonyl (C=O) groups is 2. The number of rotatable bonds is 2. The van der Waals surface area contributed by atoms with Crippen LogP contribution in [0, 0.1) is 17.8 Å². The van der Waals surface area contributed by atoms with Gasteiger partial charge < -0.3 is 10.0 Å². The third-order valence-corrected chi connectivity index (χ3v) is 3.28. The van der Waals surface area contributed by atoms with Crippen LogP contribution in [0.4, 0.5) is 0 Å². The van der Waals surface area contributed by atoms with Crippen molar-refractivity contribution in [1.82, 2.24) is 4.90 Å². The zero-order valence-electron chi connectivity index (χ0n) is 9.56. The molecule has 0 saturated carbocycles. The summed E-state index contributed by atoms with van der Waals surface area (Å²) < 4.78 is 0. The number of amides is 1. The molecule has 15 heavy (non-hydrogen) atoms. The zero-order chi connectivity index (χ0) is 11.6. The number of hydrogen-bond acceptors (Lipinski definition) is 2. The standard InChI is InChI=1S/C11H19NO3/c1-7(2)10-6-12(8(3)13)5-4-9(10)11(14)15/h7,9-10H,4-6H2,1-3H3,(H,14,15)/t9-,10-/m1/s1. The van der Waals surface area contributed by atoms with E-state index in [0.29, 0.717) is 25.4 Å². The van der Waals surface area contributed by atoms with E-state index in [1.54, 1.807) is 11.8 Å². The van der Waals surface area contributed by atoms with Crippen LogP contribution in [-0.2, 0) is 9.59 Å². The van der Waals surface area contributed by atoms with Crippen LogP contribution in [0.15, 0.2) is 0 Å². The van der Waals surface area contributed by atoms with Crippen LogP contribution in [-0.4, -0.2) is 35.0 Å². The van der Waals surface area contributed by atoms with Gasteiger partial charge in [0.1, 0.15) is 0 Å². The lowest BCUT2D eigenvalue weighted by atomic mass is 9.78. The summed E-state index contributed by atoms with van der Waals surface area (Å²) >= 11 is 0. The topological polar surface area (TPSA) is 57.6 Å². The lowest BCUT2D eigenvalue weighted by Gasteiger charge is -2.38. The Bertz CT molecular complexity index is 263. The molecule has 1 rings (SSSR count). The van der Waals surface area contributed by atoms with E-state index in [-0.39, 0.29) is 17.7 Å². The lowest BCUT2D eigenvalue weighted by molar-refractivity contribution is -0.149. The number of piperidine rings is 1. The number of carboxylic acid groups (broad SMARTS) is 1. The van der Waals surface area contributed by atoms with Crippen molar-refractivity contribution in [3.63, 3.8) is 0 Å². The summed E-state index contributed by atoms with van der Waals surface area (Å²) in [5.41, 5.74) is 0. The van der Waals surface area contributed by atoms with Gasteiger partial charge in [0.05, 0.1) is 5.92 Å². The van der Waals surface area contributed by atoms with Crippen LogP contribution >= 0.6 is 0 Å². The number of carboxylic acids is 1. The summed E-state index contributed by atoms with van der Waals surface area (Å²) in [5.74, 6) is -0.588. The molecule has 2 atom stereocenters. The van der Waals surface area contributed by atoms with Crippen molar-refractivity contribution >= 4 is 11.9 Å². The molecule has 0 radical (unpaired) electrons. The average Bonchev–Trinajstić information content (AvgIpc) is 2.16. The second-order valence-electron chi connectivity index (χ2n) is 4.61. The van der Waals surface area contributed by atoms with Crippen molar-refractivity contribution in [2.45, 2.75) is 27.2 Å². The molecule has 0 unspecified atom stereocenters.